The van der Waals surface area contributed by atoms with Gasteiger partial charge in [0, 0.05) is 36.1 Å². The summed E-state index contributed by atoms with van der Waals surface area (Å²) in [6.07, 6.45) is 5.85. The highest BCUT2D eigenvalue weighted by Crippen LogP contribution is 2.40. The van der Waals surface area contributed by atoms with E-state index in [2.05, 4.69) is 4.98 Å². The van der Waals surface area contributed by atoms with E-state index in [0.29, 0.717) is 41.4 Å². The zero-order chi connectivity index (χ0) is 22.7. The number of hydrogen-bond donors (Lipinski definition) is 1. The number of carbonyl (C=O) groups is 2. The van der Waals surface area contributed by atoms with E-state index in [-0.39, 0.29) is 11.3 Å². The van der Waals surface area contributed by atoms with Crippen LogP contribution in [-0.2, 0) is 16.1 Å². The minimum absolute atomic E-state index is 0.0493. The van der Waals surface area contributed by atoms with E-state index in [1.54, 1.807) is 61.1 Å². The second-order valence-corrected chi connectivity index (χ2v) is 7.87. The minimum atomic E-state index is -0.721. The number of benzene rings is 2. The Morgan fingerprint density at radius 3 is 2.62 bits per heavy atom. The number of Topliss-reactive ketones (excluding diaryl/α,β-unsaturated/α-hetero) is 1. The topological polar surface area (TPSA) is 84.7 Å². The van der Waals surface area contributed by atoms with Crippen LogP contribution in [0.1, 0.15) is 23.6 Å². The lowest BCUT2D eigenvalue weighted by atomic mass is 9.95. The summed E-state index contributed by atoms with van der Waals surface area (Å²) < 4.78 is 7.14. The van der Waals surface area contributed by atoms with Gasteiger partial charge >= 0.3 is 0 Å². The Morgan fingerprint density at radius 1 is 1.16 bits per heavy atom. The molecule has 1 aliphatic heterocycles. The number of ether oxygens (including phenoxy) is 1. The van der Waals surface area contributed by atoms with E-state index in [4.69, 9.17) is 16.3 Å². The highest BCUT2D eigenvalue weighted by molar-refractivity contribution is 6.46. The van der Waals surface area contributed by atoms with Crippen LogP contribution in [-0.4, -0.2) is 44.9 Å². The molecule has 3 aromatic rings. The molecule has 32 heavy (non-hydrogen) atoms. The molecule has 1 aliphatic rings. The summed E-state index contributed by atoms with van der Waals surface area (Å²) in [6, 6.07) is 13.0. The van der Waals surface area contributed by atoms with Gasteiger partial charge in [0.2, 0.25) is 0 Å². The fourth-order valence-corrected chi connectivity index (χ4v) is 4.00. The third-order valence-electron chi connectivity index (χ3n) is 5.44. The van der Waals surface area contributed by atoms with Crippen LogP contribution in [0.3, 0.4) is 0 Å². The monoisotopic (exact) mass is 451 g/mol. The number of aliphatic hydroxyl groups is 1. The smallest absolute Gasteiger partial charge is 0.295 e. The van der Waals surface area contributed by atoms with Gasteiger partial charge in [-0.1, -0.05) is 35.9 Å². The fourth-order valence-electron chi connectivity index (χ4n) is 3.87. The highest BCUT2D eigenvalue weighted by atomic mass is 35.5. The summed E-state index contributed by atoms with van der Waals surface area (Å²) in [5.41, 5.74) is 1.15. The van der Waals surface area contributed by atoms with Gasteiger partial charge in [-0.25, -0.2) is 4.98 Å². The standard InChI is InChI=1S/C24H22ClN3O4/c1-32-19-5-2-4-17(14-19)22(29)20-21(16-6-8-18(25)9-7-16)28(24(31)23(20)30)12-3-11-27-13-10-26-15-27/h2,4-10,13-15,21,29H,3,11-12H2,1H3. The van der Waals surface area contributed by atoms with Crippen LogP contribution >= 0.6 is 11.6 Å². The molecule has 0 spiro atoms. The molecule has 7 nitrogen and oxygen atoms in total. The van der Waals surface area contributed by atoms with Crippen molar-refractivity contribution < 1.29 is 19.4 Å². The largest absolute Gasteiger partial charge is 0.507 e. The van der Waals surface area contributed by atoms with Crippen LogP contribution in [0.5, 0.6) is 5.75 Å². The van der Waals surface area contributed by atoms with Crippen LogP contribution in [0, 0.1) is 0 Å². The number of aromatic nitrogens is 2. The number of carbonyl (C=O) groups excluding carboxylic acids is 2. The summed E-state index contributed by atoms with van der Waals surface area (Å²) in [4.78, 5) is 31.6. The number of aryl methyl sites for hydroxylation is 1. The van der Waals surface area contributed by atoms with E-state index >= 15 is 0 Å². The molecule has 0 bridgehead atoms. The van der Waals surface area contributed by atoms with Crippen molar-refractivity contribution in [3.63, 3.8) is 0 Å². The molecule has 164 valence electrons. The van der Waals surface area contributed by atoms with E-state index in [1.165, 1.54) is 12.0 Å². The number of likely N-dealkylation sites (tertiary alicyclic amines) is 1. The van der Waals surface area contributed by atoms with Crippen molar-refractivity contribution in [1.82, 2.24) is 14.5 Å². The van der Waals surface area contributed by atoms with Gasteiger partial charge in [-0.3, -0.25) is 9.59 Å². The Kier molecular flexibility index (Phi) is 6.28. The summed E-state index contributed by atoms with van der Waals surface area (Å²) >= 11 is 6.05. The number of halogens is 1. The predicted molar refractivity (Wildman–Crippen MR) is 120 cm³/mol. The van der Waals surface area contributed by atoms with Gasteiger partial charge in [0.05, 0.1) is 25.1 Å². The SMILES string of the molecule is COc1cccc(C(O)=C2C(=O)C(=O)N(CCCn3ccnc3)C2c2ccc(Cl)cc2)c1. The molecule has 8 heteroatoms. The lowest BCUT2D eigenvalue weighted by Crippen LogP contribution is -2.31. The van der Waals surface area contributed by atoms with Gasteiger partial charge in [0.15, 0.2) is 0 Å². The van der Waals surface area contributed by atoms with Crippen LogP contribution in [0.15, 0.2) is 72.8 Å². The maximum Gasteiger partial charge on any atom is 0.295 e. The molecule has 1 N–H and O–H groups in total. The van der Waals surface area contributed by atoms with Gasteiger partial charge in [0.1, 0.15) is 11.5 Å². The first-order chi connectivity index (χ1) is 15.5. The third-order valence-corrected chi connectivity index (χ3v) is 5.70. The van der Waals surface area contributed by atoms with Crippen molar-refractivity contribution >= 4 is 29.1 Å². The molecule has 1 saturated heterocycles. The number of amides is 1. The van der Waals surface area contributed by atoms with E-state index in [9.17, 15) is 14.7 Å². The normalized spacial score (nSPS) is 17.7. The van der Waals surface area contributed by atoms with Gasteiger partial charge in [-0.05, 0) is 36.2 Å². The fraction of sp³-hybridized carbons (Fsp3) is 0.208. The van der Waals surface area contributed by atoms with E-state index < -0.39 is 17.7 Å². The molecular weight excluding hydrogens is 430 g/mol. The Balaban J connectivity index is 1.73. The van der Waals surface area contributed by atoms with Crippen molar-refractivity contribution in [2.45, 2.75) is 19.0 Å². The Hall–Kier alpha value is -3.58. The molecule has 1 aromatic heterocycles. The molecule has 0 saturated carbocycles. The van der Waals surface area contributed by atoms with E-state index in [0.717, 1.165) is 0 Å². The number of ketones is 1. The Bertz CT molecular complexity index is 1160. The summed E-state index contributed by atoms with van der Waals surface area (Å²) in [5, 5.41) is 11.6. The molecule has 0 aliphatic carbocycles. The maximum absolute atomic E-state index is 13.0. The summed E-state index contributed by atoms with van der Waals surface area (Å²) in [5.74, 6) is -1.06. The van der Waals surface area contributed by atoms with Crippen LogP contribution in [0.2, 0.25) is 5.02 Å². The van der Waals surface area contributed by atoms with Crippen molar-refractivity contribution in [2.75, 3.05) is 13.7 Å². The first-order valence-corrected chi connectivity index (χ1v) is 10.5. The molecule has 1 amide bonds. The predicted octanol–water partition coefficient (Wildman–Crippen LogP) is 4.06. The van der Waals surface area contributed by atoms with Crippen LogP contribution < -0.4 is 4.74 Å². The lowest BCUT2D eigenvalue weighted by molar-refractivity contribution is -0.139. The molecular formula is C24H22ClN3O4. The molecule has 1 atom stereocenters. The minimum Gasteiger partial charge on any atom is -0.507 e. The van der Waals surface area contributed by atoms with Crippen molar-refractivity contribution in [3.8, 4) is 5.75 Å². The average Bonchev–Trinajstić information content (AvgIpc) is 3.41. The van der Waals surface area contributed by atoms with E-state index in [1.807, 2.05) is 10.8 Å². The zero-order valence-corrected chi connectivity index (χ0v) is 18.2. The average molecular weight is 452 g/mol. The number of rotatable bonds is 7. The van der Waals surface area contributed by atoms with Gasteiger partial charge < -0.3 is 19.3 Å². The summed E-state index contributed by atoms with van der Waals surface area (Å²) in [7, 11) is 1.52. The second-order valence-electron chi connectivity index (χ2n) is 7.43. The number of hydrogen-bond acceptors (Lipinski definition) is 5. The van der Waals surface area contributed by atoms with Gasteiger partial charge in [-0.2, -0.15) is 0 Å². The highest BCUT2D eigenvalue weighted by Gasteiger charge is 2.45. The van der Waals surface area contributed by atoms with Crippen LogP contribution in [0.25, 0.3) is 5.76 Å². The molecule has 2 aromatic carbocycles. The summed E-state index contributed by atoms with van der Waals surface area (Å²) in [6.45, 7) is 0.983. The second kappa shape index (κ2) is 9.28. The number of nitrogens with zero attached hydrogens (tertiary/aromatic N) is 3. The molecule has 4 rings (SSSR count). The van der Waals surface area contributed by atoms with Crippen molar-refractivity contribution in [3.05, 3.63) is 89.0 Å². The van der Waals surface area contributed by atoms with Crippen LogP contribution in [0.4, 0.5) is 0 Å². The van der Waals surface area contributed by atoms with Gasteiger partial charge in [0.25, 0.3) is 11.7 Å². The quantitative estimate of drug-likeness (QED) is 0.332. The zero-order valence-electron chi connectivity index (χ0n) is 17.4. The molecule has 1 unspecified atom stereocenters. The number of methoxy groups -OCH3 is 1. The lowest BCUT2D eigenvalue weighted by Gasteiger charge is -2.25. The van der Waals surface area contributed by atoms with Crippen molar-refractivity contribution in [1.29, 1.82) is 0 Å². The third kappa shape index (κ3) is 4.24. The first kappa shape index (κ1) is 21.6. The molecule has 0 radical (unpaired) electrons. The first-order valence-electron chi connectivity index (χ1n) is 10.1. The molecule has 2 heterocycles. The maximum atomic E-state index is 13.0. The Labute approximate surface area is 190 Å². The number of imidazole rings is 1. The Morgan fingerprint density at radius 2 is 1.94 bits per heavy atom. The number of aliphatic hydroxyl groups excluding tert-OH is 1. The van der Waals surface area contributed by atoms with Gasteiger partial charge in [-0.15, -0.1) is 0 Å². The van der Waals surface area contributed by atoms with Crippen molar-refractivity contribution in [2.24, 2.45) is 0 Å². The molecule has 1 fully saturated rings.